The minimum absolute atomic E-state index is 0.123. The molecule has 0 aliphatic carbocycles. The first-order valence-electron chi connectivity index (χ1n) is 7.47. The van der Waals surface area contributed by atoms with Crippen LogP contribution in [0.2, 0.25) is 0 Å². The van der Waals surface area contributed by atoms with Crippen LogP contribution in [0.5, 0.6) is 11.5 Å². The SMILES string of the molecule is COC(=O)COc1ccc(/C=N/NC(=O)COc2ccccc2)cc1. The predicted octanol–water partition coefficient (Wildman–Crippen LogP) is 1.77. The van der Waals surface area contributed by atoms with Crippen LogP contribution in [0.4, 0.5) is 0 Å². The maximum absolute atomic E-state index is 11.6. The summed E-state index contributed by atoms with van der Waals surface area (Å²) in [6, 6.07) is 15.9. The molecule has 7 nitrogen and oxygen atoms in total. The average Bonchev–Trinajstić information content (AvgIpc) is 2.66. The lowest BCUT2D eigenvalue weighted by molar-refractivity contribution is -0.142. The molecule has 0 heterocycles. The highest BCUT2D eigenvalue weighted by molar-refractivity contribution is 5.83. The second-order valence-corrected chi connectivity index (χ2v) is 4.83. The highest BCUT2D eigenvalue weighted by atomic mass is 16.6. The number of benzene rings is 2. The number of ether oxygens (including phenoxy) is 3. The summed E-state index contributed by atoms with van der Waals surface area (Å²) in [6.07, 6.45) is 1.49. The zero-order chi connectivity index (χ0) is 17.9. The molecule has 0 aliphatic heterocycles. The maximum Gasteiger partial charge on any atom is 0.343 e. The minimum Gasteiger partial charge on any atom is -0.484 e. The van der Waals surface area contributed by atoms with Crippen molar-refractivity contribution in [1.82, 2.24) is 5.43 Å². The number of rotatable bonds is 8. The molecule has 7 heteroatoms. The Bertz CT molecular complexity index is 714. The van der Waals surface area contributed by atoms with E-state index in [2.05, 4.69) is 15.3 Å². The molecule has 0 unspecified atom stereocenters. The van der Waals surface area contributed by atoms with E-state index in [4.69, 9.17) is 9.47 Å². The highest BCUT2D eigenvalue weighted by Gasteiger charge is 2.02. The number of carbonyl (C=O) groups is 2. The van der Waals surface area contributed by atoms with Crippen molar-refractivity contribution in [3.8, 4) is 11.5 Å². The first-order valence-corrected chi connectivity index (χ1v) is 7.47. The van der Waals surface area contributed by atoms with E-state index in [9.17, 15) is 9.59 Å². The molecule has 0 spiro atoms. The van der Waals surface area contributed by atoms with Crippen molar-refractivity contribution in [2.75, 3.05) is 20.3 Å². The monoisotopic (exact) mass is 342 g/mol. The van der Waals surface area contributed by atoms with Gasteiger partial charge in [-0.15, -0.1) is 0 Å². The number of amides is 1. The number of methoxy groups -OCH3 is 1. The van der Waals surface area contributed by atoms with Crippen molar-refractivity contribution >= 4 is 18.1 Å². The lowest BCUT2D eigenvalue weighted by atomic mass is 10.2. The van der Waals surface area contributed by atoms with E-state index >= 15 is 0 Å². The van der Waals surface area contributed by atoms with Gasteiger partial charge in [-0.1, -0.05) is 18.2 Å². The third-order valence-electron chi connectivity index (χ3n) is 2.98. The van der Waals surface area contributed by atoms with Crippen LogP contribution < -0.4 is 14.9 Å². The quantitative estimate of drug-likeness (QED) is 0.449. The Balaban J connectivity index is 1.73. The van der Waals surface area contributed by atoms with Gasteiger partial charge in [0.15, 0.2) is 13.2 Å². The van der Waals surface area contributed by atoms with E-state index in [-0.39, 0.29) is 19.1 Å². The molecule has 0 fully saturated rings. The fraction of sp³-hybridized carbons (Fsp3) is 0.167. The second-order valence-electron chi connectivity index (χ2n) is 4.83. The lowest BCUT2D eigenvalue weighted by Crippen LogP contribution is -2.24. The number of hydrazone groups is 1. The van der Waals surface area contributed by atoms with Gasteiger partial charge in [0.2, 0.25) is 0 Å². The van der Waals surface area contributed by atoms with Crippen LogP contribution in [0.3, 0.4) is 0 Å². The number of hydrogen-bond acceptors (Lipinski definition) is 6. The van der Waals surface area contributed by atoms with Gasteiger partial charge in [0.25, 0.3) is 5.91 Å². The molecular weight excluding hydrogens is 324 g/mol. The van der Waals surface area contributed by atoms with Crippen LogP contribution in [0.1, 0.15) is 5.56 Å². The highest BCUT2D eigenvalue weighted by Crippen LogP contribution is 2.11. The number of carbonyl (C=O) groups excluding carboxylic acids is 2. The van der Waals surface area contributed by atoms with Crippen molar-refractivity contribution in [1.29, 1.82) is 0 Å². The summed E-state index contributed by atoms with van der Waals surface area (Å²) in [6.45, 7) is -0.275. The van der Waals surface area contributed by atoms with Crippen LogP contribution in [0.25, 0.3) is 0 Å². The van der Waals surface area contributed by atoms with Gasteiger partial charge >= 0.3 is 5.97 Å². The molecule has 0 bridgehead atoms. The van der Waals surface area contributed by atoms with Gasteiger partial charge in [-0.3, -0.25) is 4.79 Å². The van der Waals surface area contributed by atoms with E-state index in [1.807, 2.05) is 18.2 Å². The maximum atomic E-state index is 11.6. The summed E-state index contributed by atoms with van der Waals surface area (Å²) < 4.78 is 15.0. The second kappa shape index (κ2) is 9.71. The molecule has 25 heavy (non-hydrogen) atoms. The Labute approximate surface area is 145 Å². The zero-order valence-corrected chi connectivity index (χ0v) is 13.7. The topological polar surface area (TPSA) is 86.2 Å². The molecule has 1 amide bonds. The summed E-state index contributed by atoms with van der Waals surface area (Å²) in [7, 11) is 1.30. The van der Waals surface area contributed by atoms with Gasteiger partial charge in [-0.2, -0.15) is 5.10 Å². The number of nitrogens with one attached hydrogen (secondary N) is 1. The van der Waals surface area contributed by atoms with Crippen LogP contribution in [-0.2, 0) is 14.3 Å². The van der Waals surface area contributed by atoms with E-state index in [0.717, 1.165) is 5.56 Å². The molecule has 0 saturated heterocycles. The van der Waals surface area contributed by atoms with Crippen LogP contribution in [-0.4, -0.2) is 38.4 Å². The Morgan fingerprint density at radius 1 is 0.960 bits per heavy atom. The summed E-state index contributed by atoms with van der Waals surface area (Å²) in [5.41, 5.74) is 3.14. The number of para-hydroxylation sites is 1. The van der Waals surface area contributed by atoms with Gasteiger partial charge in [-0.05, 0) is 42.0 Å². The summed E-state index contributed by atoms with van der Waals surface area (Å²) in [5.74, 6) is 0.330. The van der Waals surface area contributed by atoms with Crippen molar-refractivity contribution in [3.05, 3.63) is 60.2 Å². The normalized spacial score (nSPS) is 10.3. The number of esters is 1. The standard InChI is InChI=1S/C18H18N2O5/c1-23-18(22)13-25-16-9-7-14(8-10-16)11-19-20-17(21)12-24-15-5-3-2-4-6-15/h2-11H,12-13H2,1H3,(H,20,21)/b19-11+. The zero-order valence-electron chi connectivity index (χ0n) is 13.7. The lowest BCUT2D eigenvalue weighted by Gasteiger charge is -2.05. The summed E-state index contributed by atoms with van der Waals surface area (Å²) in [4.78, 5) is 22.6. The average molecular weight is 342 g/mol. The third-order valence-corrected chi connectivity index (χ3v) is 2.98. The summed E-state index contributed by atoms with van der Waals surface area (Å²) in [5, 5.41) is 3.85. The van der Waals surface area contributed by atoms with E-state index in [1.54, 1.807) is 36.4 Å². The smallest absolute Gasteiger partial charge is 0.343 e. The third kappa shape index (κ3) is 6.74. The Kier molecular flexibility index (Phi) is 6.99. The van der Waals surface area contributed by atoms with E-state index in [0.29, 0.717) is 11.5 Å². The van der Waals surface area contributed by atoms with Crippen LogP contribution >= 0.6 is 0 Å². The van der Waals surface area contributed by atoms with E-state index < -0.39 is 5.97 Å². The van der Waals surface area contributed by atoms with Gasteiger partial charge in [0, 0.05) is 0 Å². The Hall–Kier alpha value is -3.35. The first kappa shape index (κ1) is 18.0. The van der Waals surface area contributed by atoms with Crippen molar-refractivity contribution in [3.63, 3.8) is 0 Å². The van der Waals surface area contributed by atoms with Crippen molar-refractivity contribution < 1.29 is 23.8 Å². The van der Waals surface area contributed by atoms with Gasteiger partial charge in [0.1, 0.15) is 11.5 Å². The van der Waals surface area contributed by atoms with Crippen molar-refractivity contribution in [2.24, 2.45) is 5.10 Å². The molecule has 0 aromatic heterocycles. The molecule has 0 atom stereocenters. The number of nitrogens with zero attached hydrogens (tertiary/aromatic N) is 1. The van der Waals surface area contributed by atoms with E-state index in [1.165, 1.54) is 13.3 Å². The molecule has 0 radical (unpaired) electrons. The predicted molar refractivity (Wildman–Crippen MR) is 91.6 cm³/mol. The fourth-order valence-electron chi connectivity index (χ4n) is 1.73. The number of hydrogen-bond donors (Lipinski definition) is 1. The Morgan fingerprint density at radius 3 is 2.28 bits per heavy atom. The van der Waals surface area contributed by atoms with Gasteiger partial charge < -0.3 is 14.2 Å². The molecule has 0 aliphatic rings. The van der Waals surface area contributed by atoms with Gasteiger partial charge in [0.05, 0.1) is 13.3 Å². The summed E-state index contributed by atoms with van der Waals surface area (Å²) >= 11 is 0. The molecule has 2 aromatic carbocycles. The van der Waals surface area contributed by atoms with Crippen LogP contribution in [0, 0.1) is 0 Å². The molecule has 2 rings (SSSR count). The molecular formula is C18H18N2O5. The van der Waals surface area contributed by atoms with Crippen molar-refractivity contribution in [2.45, 2.75) is 0 Å². The fourth-order valence-corrected chi connectivity index (χ4v) is 1.73. The first-order chi connectivity index (χ1) is 12.2. The molecule has 2 aromatic rings. The van der Waals surface area contributed by atoms with Gasteiger partial charge in [-0.25, -0.2) is 10.2 Å². The molecule has 130 valence electrons. The largest absolute Gasteiger partial charge is 0.484 e. The molecule has 0 saturated carbocycles. The minimum atomic E-state index is -0.453. The van der Waals surface area contributed by atoms with Crippen LogP contribution in [0.15, 0.2) is 59.7 Å². The molecule has 1 N–H and O–H groups in total. The Morgan fingerprint density at radius 2 is 1.60 bits per heavy atom.